The Morgan fingerprint density at radius 2 is 1.83 bits per heavy atom. The zero-order valence-corrected chi connectivity index (χ0v) is 18.0. The summed E-state index contributed by atoms with van der Waals surface area (Å²) in [4.78, 5) is 12.7. The zero-order chi connectivity index (χ0) is 21.1. The van der Waals surface area contributed by atoms with Crippen LogP contribution in [0.3, 0.4) is 0 Å². The average Bonchev–Trinajstić information content (AvgIpc) is 3.23. The Labute approximate surface area is 182 Å². The molecule has 0 unspecified atom stereocenters. The molecule has 30 heavy (non-hydrogen) atoms. The van der Waals surface area contributed by atoms with Gasteiger partial charge in [-0.3, -0.25) is 10.1 Å². The molecule has 0 atom stereocenters. The van der Waals surface area contributed by atoms with Crippen LogP contribution in [0.2, 0.25) is 5.02 Å². The van der Waals surface area contributed by atoms with Crippen LogP contribution in [0, 0.1) is 0 Å². The van der Waals surface area contributed by atoms with Gasteiger partial charge in [-0.2, -0.15) is 4.31 Å². The van der Waals surface area contributed by atoms with Gasteiger partial charge in [-0.1, -0.05) is 41.1 Å². The number of aromatic nitrogens is 2. The Morgan fingerprint density at radius 1 is 1.10 bits per heavy atom. The molecule has 1 aromatic heterocycles. The van der Waals surface area contributed by atoms with Crippen LogP contribution >= 0.6 is 22.9 Å². The predicted octanol–water partition coefficient (Wildman–Crippen LogP) is 3.13. The number of amides is 1. The van der Waals surface area contributed by atoms with Crippen LogP contribution in [0.1, 0.15) is 10.4 Å². The van der Waals surface area contributed by atoms with Crippen molar-refractivity contribution in [3.63, 3.8) is 0 Å². The van der Waals surface area contributed by atoms with Crippen LogP contribution < -0.4 is 5.32 Å². The standard InChI is InChI=1S/C19H17ClN4O4S2/c20-15-6-4-13(5-7-15)18-22-23-19(29-18)21-17(25)14-2-1-3-16(12-14)30(26,27)24-8-10-28-11-9-24/h1-7,12H,8-11H2,(H,21,23,25). The van der Waals surface area contributed by atoms with E-state index in [1.54, 1.807) is 24.3 Å². The largest absolute Gasteiger partial charge is 0.379 e. The third-order valence-electron chi connectivity index (χ3n) is 4.44. The molecule has 3 aromatic rings. The summed E-state index contributed by atoms with van der Waals surface area (Å²) in [6.45, 7) is 1.28. The van der Waals surface area contributed by atoms with E-state index in [1.165, 1.54) is 27.8 Å². The van der Waals surface area contributed by atoms with Gasteiger partial charge in [-0.15, -0.1) is 10.2 Å². The van der Waals surface area contributed by atoms with E-state index in [4.69, 9.17) is 16.3 Å². The molecule has 0 aliphatic carbocycles. The fourth-order valence-electron chi connectivity index (χ4n) is 2.89. The number of halogens is 1. The van der Waals surface area contributed by atoms with Crippen molar-refractivity contribution in [2.24, 2.45) is 0 Å². The van der Waals surface area contributed by atoms with Crippen molar-refractivity contribution in [1.29, 1.82) is 0 Å². The molecule has 156 valence electrons. The minimum atomic E-state index is -3.69. The van der Waals surface area contributed by atoms with Gasteiger partial charge >= 0.3 is 0 Å². The van der Waals surface area contributed by atoms with E-state index < -0.39 is 15.9 Å². The lowest BCUT2D eigenvalue weighted by Crippen LogP contribution is -2.40. The molecule has 1 N–H and O–H groups in total. The molecule has 1 aliphatic rings. The average molecular weight is 465 g/mol. The van der Waals surface area contributed by atoms with Crippen LogP contribution in [-0.2, 0) is 14.8 Å². The van der Waals surface area contributed by atoms with Crippen LogP contribution in [0.4, 0.5) is 5.13 Å². The van der Waals surface area contributed by atoms with Gasteiger partial charge in [-0.05, 0) is 30.3 Å². The molecule has 1 aliphatic heterocycles. The Hall–Kier alpha value is -2.37. The van der Waals surface area contributed by atoms with Gasteiger partial charge in [0.25, 0.3) is 5.91 Å². The second-order valence-corrected chi connectivity index (χ2v) is 9.77. The van der Waals surface area contributed by atoms with E-state index in [2.05, 4.69) is 15.5 Å². The first-order chi connectivity index (χ1) is 14.4. The molecule has 11 heteroatoms. The van der Waals surface area contributed by atoms with Crippen LogP contribution in [-0.4, -0.2) is 55.1 Å². The third kappa shape index (κ3) is 4.52. The quantitative estimate of drug-likeness (QED) is 0.622. The lowest BCUT2D eigenvalue weighted by molar-refractivity contribution is 0.0730. The number of rotatable bonds is 5. The third-order valence-corrected chi connectivity index (χ3v) is 7.48. The highest BCUT2D eigenvalue weighted by Crippen LogP contribution is 2.28. The van der Waals surface area contributed by atoms with E-state index in [0.29, 0.717) is 28.4 Å². The molecule has 0 bridgehead atoms. The summed E-state index contributed by atoms with van der Waals surface area (Å²) in [6, 6.07) is 13.1. The first kappa shape index (κ1) is 20.9. The number of hydrogen-bond acceptors (Lipinski definition) is 7. The second-order valence-electron chi connectivity index (χ2n) is 6.42. The summed E-state index contributed by atoms with van der Waals surface area (Å²) in [7, 11) is -3.69. The Kier molecular flexibility index (Phi) is 6.11. The molecule has 0 radical (unpaired) electrons. The molecule has 1 amide bonds. The highest BCUT2D eigenvalue weighted by molar-refractivity contribution is 7.89. The summed E-state index contributed by atoms with van der Waals surface area (Å²) >= 11 is 7.10. The predicted molar refractivity (Wildman–Crippen MR) is 114 cm³/mol. The minimum Gasteiger partial charge on any atom is -0.379 e. The number of hydrogen-bond donors (Lipinski definition) is 1. The lowest BCUT2D eigenvalue weighted by Gasteiger charge is -2.26. The van der Waals surface area contributed by atoms with E-state index in [1.807, 2.05) is 12.1 Å². The van der Waals surface area contributed by atoms with E-state index >= 15 is 0 Å². The molecule has 2 heterocycles. The van der Waals surface area contributed by atoms with E-state index in [9.17, 15) is 13.2 Å². The van der Waals surface area contributed by atoms with Crippen LogP contribution in [0.5, 0.6) is 0 Å². The first-order valence-electron chi connectivity index (χ1n) is 9.02. The number of carbonyl (C=O) groups is 1. The van der Waals surface area contributed by atoms with Crippen molar-refractivity contribution in [2.75, 3.05) is 31.6 Å². The molecule has 8 nitrogen and oxygen atoms in total. The number of benzene rings is 2. The van der Waals surface area contributed by atoms with Gasteiger partial charge in [0.15, 0.2) is 0 Å². The number of nitrogens with zero attached hydrogens (tertiary/aromatic N) is 3. The van der Waals surface area contributed by atoms with Crippen LogP contribution in [0.25, 0.3) is 10.6 Å². The molecule has 0 saturated carbocycles. The fraction of sp³-hybridized carbons (Fsp3) is 0.211. The number of ether oxygens (including phenoxy) is 1. The molecule has 1 saturated heterocycles. The molecule has 2 aromatic carbocycles. The Bertz CT molecular complexity index is 1160. The number of anilines is 1. The maximum absolute atomic E-state index is 12.8. The summed E-state index contributed by atoms with van der Waals surface area (Å²) in [5.41, 5.74) is 1.04. The Balaban J connectivity index is 1.50. The molecule has 0 spiro atoms. The van der Waals surface area contributed by atoms with Gasteiger partial charge in [0.05, 0.1) is 18.1 Å². The monoisotopic (exact) mass is 464 g/mol. The first-order valence-corrected chi connectivity index (χ1v) is 11.7. The summed E-state index contributed by atoms with van der Waals surface area (Å²) in [5.74, 6) is -0.465. The van der Waals surface area contributed by atoms with Crippen molar-refractivity contribution in [1.82, 2.24) is 14.5 Å². The normalized spacial score (nSPS) is 15.1. The van der Waals surface area contributed by atoms with Gasteiger partial charge in [0, 0.05) is 29.2 Å². The van der Waals surface area contributed by atoms with Gasteiger partial charge < -0.3 is 4.74 Å². The van der Waals surface area contributed by atoms with Crippen molar-refractivity contribution in [3.05, 3.63) is 59.1 Å². The number of carbonyl (C=O) groups excluding carboxylic acids is 1. The summed E-state index contributed by atoms with van der Waals surface area (Å²) < 4.78 is 32.2. The minimum absolute atomic E-state index is 0.0659. The van der Waals surface area contributed by atoms with E-state index in [0.717, 1.165) is 5.56 Å². The Morgan fingerprint density at radius 3 is 2.57 bits per heavy atom. The SMILES string of the molecule is O=C(Nc1nnc(-c2ccc(Cl)cc2)s1)c1cccc(S(=O)(=O)N2CCOCC2)c1. The second kappa shape index (κ2) is 8.78. The van der Waals surface area contributed by atoms with E-state index in [-0.39, 0.29) is 23.5 Å². The number of morpholine rings is 1. The molecular weight excluding hydrogens is 448 g/mol. The summed E-state index contributed by atoms with van der Waals surface area (Å²) in [6.07, 6.45) is 0. The molecule has 1 fully saturated rings. The van der Waals surface area contributed by atoms with Gasteiger partial charge in [0.2, 0.25) is 15.2 Å². The van der Waals surface area contributed by atoms with Gasteiger partial charge in [-0.25, -0.2) is 8.42 Å². The fourth-order valence-corrected chi connectivity index (χ4v) is 5.21. The summed E-state index contributed by atoms with van der Waals surface area (Å²) in [5, 5.41) is 12.3. The number of sulfonamides is 1. The van der Waals surface area contributed by atoms with Crippen molar-refractivity contribution in [3.8, 4) is 10.6 Å². The van der Waals surface area contributed by atoms with Crippen molar-refractivity contribution >= 4 is 44.0 Å². The smallest absolute Gasteiger partial charge is 0.257 e. The highest BCUT2D eigenvalue weighted by Gasteiger charge is 2.27. The van der Waals surface area contributed by atoms with Gasteiger partial charge in [0.1, 0.15) is 5.01 Å². The zero-order valence-electron chi connectivity index (χ0n) is 15.6. The lowest BCUT2D eigenvalue weighted by atomic mass is 10.2. The van der Waals surface area contributed by atoms with Crippen molar-refractivity contribution in [2.45, 2.75) is 4.90 Å². The number of nitrogens with one attached hydrogen (secondary N) is 1. The molecular formula is C19H17ClN4O4S2. The maximum atomic E-state index is 12.8. The highest BCUT2D eigenvalue weighted by atomic mass is 35.5. The van der Waals surface area contributed by atoms with Crippen LogP contribution in [0.15, 0.2) is 53.4 Å². The maximum Gasteiger partial charge on any atom is 0.257 e. The van der Waals surface area contributed by atoms with Crippen molar-refractivity contribution < 1.29 is 17.9 Å². The topological polar surface area (TPSA) is 101 Å². The molecule has 4 rings (SSSR count).